The van der Waals surface area contributed by atoms with Crippen LogP contribution in [0.3, 0.4) is 0 Å². The molecule has 1 rings (SSSR count). The maximum atomic E-state index is 2.56. The lowest BCUT2D eigenvalue weighted by Gasteiger charge is -2.10. The third-order valence-electron chi connectivity index (χ3n) is 11.1. The number of hydrogen-bond donors (Lipinski definition) is 0. The normalized spacial score (nSPS) is 11.6. The molecule has 282 valence electrons. The number of nitrogens with zero attached hydrogens (tertiary/aromatic N) is 1. The topological polar surface area (TPSA) is 3.88 Å². The van der Waals surface area contributed by atoms with E-state index in [0.29, 0.717) is 0 Å². The van der Waals surface area contributed by atoms with Crippen LogP contribution in [0.2, 0.25) is 0 Å². The number of pyridine rings is 1. The van der Waals surface area contributed by atoms with Crippen LogP contribution in [0.1, 0.15) is 263 Å². The first-order chi connectivity index (χ1) is 23.8. The van der Waals surface area contributed by atoms with Crippen molar-refractivity contribution in [3.8, 4) is 0 Å². The molecule has 0 amide bonds. The highest BCUT2D eigenvalue weighted by molar-refractivity contribution is 5.21. The number of aromatic nitrogens is 1. The van der Waals surface area contributed by atoms with Crippen molar-refractivity contribution in [2.24, 2.45) is 0 Å². The van der Waals surface area contributed by atoms with E-state index in [1.165, 1.54) is 251 Å². The number of aryl methyl sites for hydroxylation is 3. The molecule has 0 radical (unpaired) electrons. The largest absolute Gasteiger partial charge is 0.205 e. The second kappa shape index (κ2) is 37.4. The van der Waals surface area contributed by atoms with Gasteiger partial charge in [-0.2, -0.15) is 0 Å². The van der Waals surface area contributed by atoms with E-state index in [1.54, 1.807) is 11.1 Å². The van der Waals surface area contributed by atoms with Gasteiger partial charge in [0.1, 0.15) is 6.54 Å². The first-order valence-electron chi connectivity index (χ1n) is 22.8. The Balaban J connectivity index is 2.27. The summed E-state index contributed by atoms with van der Waals surface area (Å²) < 4.78 is 2.54. The Morgan fingerprint density at radius 3 is 0.917 bits per heavy atom. The van der Waals surface area contributed by atoms with E-state index in [4.69, 9.17) is 0 Å². The van der Waals surface area contributed by atoms with Gasteiger partial charge >= 0.3 is 0 Å². The van der Waals surface area contributed by atoms with Gasteiger partial charge in [-0.3, -0.25) is 0 Å². The van der Waals surface area contributed by atoms with Gasteiger partial charge in [-0.1, -0.05) is 226 Å². The summed E-state index contributed by atoms with van der Waals surface area (Å²) in [5.74, 6) is 0. The van der Waals surface area contributed by atoms with Gasteiger partial charge in [-0.25, -0.2) is 4.57 Å². The summed E-state index contributed by atoms with van der Waals surface area (Å²) in [6.07, 6.45) is 59.3. The zero-order valence-electron chi connectivity index (χ0n) is 33.8. The predicted octanol–water partition coefficient (Wildman–Crippen LogP) is 16.2. The van der Waals surface area contributed by atoms with Crippen LogP contribution >= 0.6 is 0 Å². The summed E-state index contributed by atoms with van der Waals surface area (Å²) in [6.45, 7) is 8.16. The van der Waals surface area contributed by atoms with Crippen molar-refractivity contribution in [3.63, 3.8) is 0 Å². The summed E-state index contributed by atoms with van der Waals surface area (Å²) in [4.78, 5) is 0. The van der Waals surface area contributed by atoms with Crippen LogP contribution in [0.25, 0.3) is 0 Å². The summed E-state index contributed by atoms with van der Waals surface area (Å²) in [7, 11) is 0. The van der Waals surface area contributed by atoms with Gasteiger partial charge < -0.3 is 0 Å². The minimum absolute atomic E-state index is 1.21. The molecule has 0 spiro atoms. The minimum Gasteiger partial charge on any atom is -0.205 e. The third-order valence-corrected chi connectivity index (χ3v) is 11.1. The molecule has 0 aliphatic rings. The van der Waals surface area contributed by atoms with Crippen LogP contribution in [0.5, 0.6) is 0 Å². The Hall–Kier alpha value is -0.850. The van der Waals surface area contributed by atoms with E-state index in [9.17, 15) is 0 Å². The van der Waals surface area contributed by atoms with Crippen LogP contribution in [0, 0.1) is 0 Å². The zero-order valence-corrected chi connectivity index (χ0v) is 33.8. The lowest BCUT2D eigenvalue weighted by Crippen LogP contribution is -2.34. The second-order valence-corrected chi connectivity index (χ2v) is 15.9. The monoisotopic (exact) mass is 669 g/mol. The van der Waals surface area contributed by atoms with Crippen LogP contribution < -0.4 is 4.57 Å². The molecule has 0 saturated heterocycles. The molecule has 0 atom stereocenters. The smallest absolute Gasteiger partial charge is 0.172 e. The molecule has 1 nitrogen and oxygen atoms in total. The highest BCUT2D eigenvalue weighted by atomic mass is 14.9. The van der Waals surface area contributed by atoms with Crippen molar-refractivity contribution < 1.29 is 4.57 Å². The molecule has 48 heavy (non-hydrogen) atoms. The number of rotatable bonds is 39. The van der Waals surface area contributed by atoms with Gasteiger partial charge in [0.05, 0.1) is 0 Å². The molecular formula is C47H90N+. The molecule has 1 aromatic rings. The molecule has 0 aliphatic heterocycles. The van der Waals surface area contributed by atoms with E-state index in [2.05, 4.69) is 43.8 Å². The van der Waals surface area contributed by atoms with Crippen molar-refractivity contribution in [2.75, 3.05) is 0 Å². The lowest BCUT2D eigenvalue weighted by atomic mass is 9.97. The molecule has 0 fully saturated rings. The standard InChI is InChI=1S/C47H90N/c1-4-7-10-13-16-19-22-23-24-25-26-27-30-33-36-39-43-48-44-42-46(40-37-34-31-28-20-17-14-11-8-5-2)47(45-48)41-38-35-32-29-21-18-15-12-9-6-3/h42,44-45H,4-41,43H2,1-3H3/q+1. The number of hydrogen-bond acceptors (Lipinski definition) is 0. The fraction of sp³-hybridized carbons (Fsp3) is 0.894. The average molecular weight is 669 g/mol. The van der Waals surface area contributed by atoms with E-state index in [0.717, 1.165) is 0 Å². The van der Waals surface area contributed by atoms with Crippen LogP contribution in [-0.4, -0.2) is 0 Å². The fourth-order valence-corrected chi connectivity index (χ4v) is 7.68. The van der Waals surface area contributed by atoms with Crippen molar-refractivity contribution in [1.82, 2.24) is 0 Å². The van der Waals surface area contributed by atoms with Gasteiger partial charge in [-0.05, 0) is 37.7 Å². The van der Waals surface area contributed by atoms with Gasteiger partial charge in [0.25, 0.3) is 0 Å². The third kappa shape index (κ3) is 30.0. The zero-order chi connectivity index (χ0) is 34.4. The molecule has 1 aromatic heterocycles. The highest BCUT2D eigenvalue weighted by Crippen LogP contribution is 2.18. The van der Waals surface area contributed by atoms with Crippen LogP contribution in [0.4, 0.5) is 0 Å². The second-order valence-electron chi connectivity index (χ2n) is 15.9. The lowest BCUT2D eigenvalue weighted by molar-refractivity contribution is -0.697. The van der Waals surface area contributed by atoms with E-state index in [1.807, 2.05) is 0 Å². The Morgan fingerprint density at radius 1 is 0.312 bits per heavy atom. The fourth-order valence-electron chi connectivity index (χ4n) is 7.68. The molecule has 0 bridgehead atoms. The van der Waals surface area contributed by atoms with Gasteiger partial charge in [0.2, 0.25) is 0 Å². The Labute approximate surface area is 304 Å². The molecular weight excluding hydrogens is 579 g/mol. The Morgan fingerprint density at radius 2 is 0.583 bits per heavy atom. The van der Waals surface area contributed by atoms with Crippen molar-refractivity contribution in [3.05, 3.63) is 29.6 Å². The van der Waals surface area contributed by atoms with Gasteiger partial charge in [0.15, 0.2) is 12.4 Å². The minimum atomic E-state index is 1.21. The molecule has 0 aromatic carbocycles. The molecule has 1 heteroatoms. The average Bonchev–Trinajstić information content (AvgIpc) is 3.10. The Bertz CT molecular complexity index is 753. The number of unbranched alkanes of at least 4 members (excludes halogenated alkanes) is 33. The van der Waals surface area contributed by atoms with E-state index < -0.39 is 0 Å². The molecule has 0 aliphatic carbocycles. The summed E-state index contributed by atoms with van der Waals surface area (Å²) in [6, 6.07) is 2.51. The maximum absolute atomic E-state index is 2.56. The molecule has 1 heterocycles. The quantitative estimate of drug-likeness (QED) is 0.0485. The molecule has 0 unspecified atom stereocenters. The first-order valence-corrected chi connectivity index (χ1v) is 22.8. The summed E-state index contributed by atoms with van der Waals surface area (Å²) in [5.41, 5.74) is 3.33. The summed E-state index contributed by atoms with van der Waals surface area (Å²) >= 11 is 0. The first kappa shape index (κ1) is 45.2. The van der Waals surface area contributed by atoms with Crippen LogP contribution in [0.15, 0.2) is 18.5 Å². The predicted molar refractivity (Wildman–Crippen MR) is 217 cm³/mol. The van der Waals surface area contributed by atoms with Gasteiger partial charge in [0, 0.05) is 18.1 Å². The van der Waals surface area contributed by atoms with E-state index >= 15 is 0 Å². The van der Waals surface area contributed by atoms with Crippen molar-refractivity contribution in [2.45, 2.75) is 271 Å². The van der Waals surface area contributed by atoms with E-state index in [-0.39, 0.29) is 0 Å². The Kier molecular flexibility index (Phi) is 35.2. The van der Waals surface area contributed by atoms with Crippen molar-refractivity contribution >= 4 is 0 Å². The maximum Gasteiger partial charge on any atom is 0.172 e. The van der Waals surface area contributed by atoms with Crippen LogP contribution in [-0.2, 0) is 19.4 Å². The summed E-state index contributed by atoms with van der Waals surface area (Å²) in [5, 5.41) is 0. The molecule has 0 N–H and O–H groups in total. The van der Waals surface area contributed by atoms with Gasteiger partial charge in [-0.15, -0.1) is 0 Å². The van der Waals surface area contributed by atoms with Crippen molar-refractivity contribution in [1.29, 1.82) is 0 Å². The molecule has 0 saturated carbocycles. The highest BCUT2D eigenvalue weighted by Gasteiger charge is 2.10. The SMILES string of the molecule is CCCCCCCCCCCCCCCCCC[n+]1ccc(CCCCCCCCCCCC)c(CCCCCCCCCCCC)c1.